The van der Waals surface area contributed by atoms with E-state index in [1.165, 1.54) is 11.2 Å². The summed E-state index contributed by atoms with van der Waals surface area (Å²) in [6, 6.07) is 6.99. The highest BCUT2D eigenvalue weighted by atomic mass is 35.5. The molecule has 0 bridgehead atoms. The molecular formula is C26H29ClN6O4. The van der Waals surface area contributed by atoms with Crippen LogP contribution in [0.2, 0.25) is 5.15 Å². The second-order valence-corrected chi connectivity index (χ2v) is 10.9. The van der Waals surface area contributed by atoms with E-state index < -0.39 is 5.79 Å². The van der Waals surface area contributed by atoms with Crippen LogP contribution in [0.15, 0.2) is 36.9 Å². The summed E-state index contributed by atoms with van der Waals surface area (Å²) >= 11 is 6.24. The average molecular weight is 525 g/mol. The van der Waals surface area contributed by atoms with Gasteiger partial charge in [-0.1, -0.05) is 23.7 Å². The number of benzene rings is 1. The van der Waals surface area contributed by atoms with Crippen molar-refractivity contribution in [2.45, 2.75) is 50.7 Å². The van der Waals surface area contributed by atoms with Crippen LogP contribution >= 0.6 is 11.6 Å². The Morgan fingerprint density at radius 2 is 1.78 bits per heavy atom. The third kappa shape index (κ3) is 4.21. The lowest BCUT2D eigenvalue weighted by molar-refractivity contribution is -0.160. The molecule has 37 heavy (non-hydrogen) atoms. The zero-order chi connectivity index (χ0) is 25.9. The van der Waals surface area contributed by atoms with Gasteiger partial charge in [-0.25, -0.2) is 15.0 Å². The number of imidazole rings is 1. The molecule has 0 spiro atoms. The summed E-state index contributed by atoms with van der Waals surface area (Å²) in [6.45, 7) is 5.81. The zero-order valence-electron chi connectivity index (χ0n) is 21.0. The van der Waals surface area contributed by atoms with Crippen molar-refractivity contribution < 1.29 is 19.1 Å². The highest BCUT2D eigenvalue weighted by Gasteiger charge is 2.54. The van der Waals surface area contributed by atoms with Gasteiger partial charge in [-0.05, 0) is 52.4 Å². The van der Waals surface area contributed by atoms with Crippen LogP contribution in [0.5, 0.6) is 0 Å². The number of fused-ring (bicyclic) bond motifs is 3. The lowest BCUT2D eigenvalue weighted by atomic mass is 10.0. The van der Waals surface area contributed by atoms with E-state index in [1.54, 1.807) is 30.6 Å². The topological polar surface area (TPSA) is 103 Å². The number of ether oxygens (including phenoxy) is 2. The van der Waals surface area contributed by atoms with E-state index in [2.05, 4.69) is 26.9 Å². The summed E-state index contributed by atoms with van der Waals surface area (Å²) in [6.07, 6.45) is 4.52. The minimum atomic E-state index is -0.681. The highest BCUT2D eigenvalue weighted by molar-refractivity contribution is 6.33. The van der Waals surface area contributed by atoms with E-state index in [1.807, 2.05) is 18.4 Å². The summed E-state index contributed by atoms with van der Waals surface area (Å²) in [7, 11) is 2.06. The standard InChI is InChI=1S/C26H29ClN6O4/c1-26(2)36-20-15(11-18(21(20)37-26)33-14-30-19-22(27)28-13-29-23(19)33)12-31(3)9-6-10-32-24(34)16-7-4-5-8-17(16)25(32)35/h4-5,7-8,13-15,18,20-21H,6,9-12H2,1-3H3/t15-,18+,20+,21-/m0/s1. The van der Waals surface area contributed by atoms with E-state index >= 15 is 0 Å². The first-order valence-corrected chi connectivity index (χ1v) is 12.9. The molecule has 1 aromatic carbocycles. The van der Waals surface area contributed by atoms with Crippen LogP contribution in [-0.4, -0.2) is 85.8 Å². The van der Waals surface area contributed by atoms with E-state index in [-0.39, 0.29) is 36.0 Å². The van der Waals surface area contributed by atoms with Crippen LogP contribution < -0.4 is 0 Å². The van der Waals surface area contributed by atoms with Crippen LogP contribution in [0.4, 0.5) is 0 Å². The number of rotatable bonds is 7. The van der Waals surface area contributed by atoms with Crippen LogP contribution in [0.25, 0.3) is 11.2 Å². The Morgan fingerprint density at radius 1 is 1.08 bits per heavy atom. The number of aromatic nitrogens is 4. The Labute approximate surface area is 219 Å². The number of hydrogen-bond donors (Lipinski definition) is 0. The molecule has 4 atom stereocenters. The molecule has 0 unspecified atom stereocenters. The molecule has 3 aromatic rings. The monoisotopic (exact) mass is 524 g/mol. The van der Waals surface area contributed by atoms with Gasteiger partial charge in [0.05, 0.1) is 29.6 Å². The van der Waals surface area contributed by atoms with Crippen molar-refractivity contribution in [3.63, 3.8) is 0 Å². The molecule has 10 nitrogen and oxygen atoms in total. The maximum Gasteiger partial charge on any atom is 0.261 e. The summed E-state index contributed by atoms with van der Waals surface area (Å²) in [5, 5.41) is 0.330. The van der Waals surface area contributed by atoms with Crippen LogP contribution in [0.3, 0.4) is 0 Å². The Kier molecular flexibility index (Phi) is 6.02. The summed E-state index contributed by atoms with van der Waals surface area (Å²) < 4.78 is 14.8. The van der Waals surface area contributed by atoms with Crippen molar-refractivity contribution in [1.82, 2.24) is 29.3 Å². The molecule has 2 fully saturated rings. The Balaban J connectivity index is 1.12. The first-order chi connectivity index (χ1) is 17.7. The molecule has 2 amide bonds. The normalized spacial score (nSPS) is 26.5. The smallest absolute Gasteiger partial charge is 0.261 e. The molecule has 3 aliphatic rings. The summed E-state index contributed by atoms with van der Waals surface area (Å²) in [5.41, 5.74) is 2.24. The van der Waals surface area contributed by atoms with Crippen molar-refractivity contribution in [2.75, 3.05) is 26.7 Å². The lowest BCUT2D eigenvalue weighted by Crippen LogP contribution is -2.36. The minimum absolute atomic E-state index is 0.000473. The van der Waals surface area contributed by atoms with Gasteiger partial charge >= 0.3 is 0 Å². The van der Waals surface area contributed by atoms with Crippen molar-refractivity contribution in [1.29, 1.82) is 0 Å². The number of carbonyl (C=O) groups excluding carboxylic acids is 2. The third-order valence-corrected chi connectivity index (χ3v) is 7.85. The Morgan fingerprint density at radius 3 is 2.51 bits per heavy atom. The second kappa shape index (κ2) is 9.13. The molecule has 1 saturated heterocycles. The molecule has 194 valence electrons. The number of imide groups is 1. The maximum absolute atomic E-state index is 12.6. The number of nitrogens with zero attached hydrogens (tertiary/aromatic N) is 6. The SMILES string of the molecule is CN(CCCN1C(=O)c2ccccc2C1=O)C[C@@H]1C[C@@H](n2cnc3c(Cl)ncnc32)[C@@H]2OC(C)(C)O[C@H]12. The highest BCUT2D eigenvalue weighted by Crippen LogP contribution is 2.47. The van der Waals surface area contributed by atoms with Gasteiger partial charge < -0.3 is 18.9 Å². The molecule has 11 heteroatoms. The van der Waals surface area contributed by atoms with Gasteiger partial charge in [0.1, 0.15) is 17.9 Å². The predicted molar refractivity (Wildman–Crippen MR) is 135 cm³/mol. The molecule has 1 aliphatic carbocycles. The Bertz CT molecular complexity index is 1340. The molecule has 0 N–H and O–H groups in total. The maximum atomic E-state index is 12.6. The molecule has 4 heterocycles. The van der Waals surface area contributed by atoms with E-state index in [4.69, 9.17) is 21.1 Å². The van der Waals surface area contributed by atoms with Crippen molar-refractivity contribution >= 4 is 34.6 Å². The molecular weight excluding hydrogens is 496 g/mol. The third-order valence-electron chi connectivity index (χ3n) is 7.57. The van der Waals surface area contributed by atoms with Crippen LogP contribution in [0.1, 0.15) is 53.4 Å². The van der Waals surface area contributed by atoms with Gasteiger partial charge in [-0.3, -0.25) is 14.5 Å². The van der Waals surface area contributed by atoms with Gasteiger partial charge in [0.15, 0.2) is 16.6 Å². The van der Waals surface area contributed by atoms with E-state index in [9.17, 15) is 9.59 Å². The molecule has 0 radical (unpaired) electrons. The zero-order valence-corrected chi connectivity index (χ0v) is 21.8. The van der Waals surface area contributed by atoms with Gasteiger partial charge in [-0.15, -0.1) is 0 Å². The van der Waals surface area contributed by atoms with E-state index in [0.717, 1.165) is 19.5 Å². The van der Waals surface area contributed by atoms with E-state index in [0.29, 0.717) is 40.4 Å². The minimum Gasteiger partial charge on any atom is -0.344 e. The van der Waals surface area contributed by atoms with Crippen molar-refractivity contribution in [2.24, 2.45) is 5.92 Å². The molecule has 2 aromatic heterocycles. The molecule has 1 saturated carbocycles. The molecule has 2 aliphatic heterocycles. The number of carbonyl (C=O) groups is 2. The number of halogens is 1. The average Bonchev–Trinajstić information content (AvgIpc) is 3.58. The fourth-order valence-corrected chi connectivity index (χ4v) is 6.18. The largest absolute Gasteiger partial charge is 0.344 e. The van der Waals surface area contributed by atoms with Crippen molar-refractivity contribution in [3.8, 4) is 0 Å². The summed E-state index contributed by atoms with van der Waals surface area (Å²) in [5.74, 6) is -0.880. The van der Waals surface area contributed by atoms with Gasteiger partial charge in [-0.2, -0.15) is 0 Å². The lowest BCUT2D eigenvalue weighted by Gasteiger charge is -2.27. The number of amides is 2. The molecule has 6 rings (SSSR count). The first-order valence-electron chi connectivity index (χ1n) is 12.6. The van der Waals surface area contributed by atoms with Crippen LogP contribution in [0, 0.1) is 5.92 Å². The van der Waals surface area contributed by atoms with Crippen LogP contribution in [-0.2, 0) is 9.47 Å². The second-order valence-electron chi connectivity index (χ2n) is 10.5. The van der Waals surface area contributed by atoms with Gasteiger partial charge in [0.25, 0.3) is 11.8 Å². The van der Waals surface area contributed by atoms with Gasteiger partial charge in [0, 0.05) is 19.0 Å². The summed E-state index contributed by atoms with van der Waals surface area (Å²) in [4.78, 5) is 41.8. The fourth-order valence-electron chi connectivity index (χ4n) is 6.01. The number of hydrogen-bond acceptors (Lipinski definition) is 8. The van der Waals surface area contributed by atoms with Gasteiger partial charge in [0.2, 0.25) is 0 Å². The fraction of sp³-hybridized carbons (Fsp3) is 0.500. The Hall–Kier alpha value is -2.92. The van der Waals surface area contributed by atoms with Crippen molar-refractivity contribution in [3.05, 3.63) is 53.2 Å². The predicted octanol–water partition coefficient (Wildman–Crippen LogP) is 3.18. The first kappa shape index (κ1) is 24.4. The quantitative estimate of drug-likeness (QED) is 0.343.